The lowest BCUT2D eigenvalue weighted by atomic mass is 9.91. The van der Waals surface area contributed by atoms with Gasteiger partial charge in [0.05, 0.1) is 12.7 Å². The van der Waals surface area contributed by atoms with Crippen LogP contribution in [0.25, 0.3) is 11.0 Å². The Balaban J connectivity index is 1.49. The lowest BCUT2D eigenvalue weighted by Gasteiger charge is -2.39. The maximum atomic E-state index is 12.6. The summed E-state index contributed by atoms with van der Waals surface area (Å²) >= 11 is 0. The monoisotopic (exact) mass is 334 g/mol. The quantitative estimate of drug-likeness (QED) is 0.729. The molecule has 0 bridgehead atoms. The second-order valence-electron chi connectivity index (χ2n) is 7.05. The zero-order chi connectivity index (χ0) is 17.6. The van der Waals surface area contributed by atoms with Gasteiger partial charge in [0.15, 0.2) is 0 Å². The maximum Gasteiger partial charge on any atom is 0.227 e. The van der Waals surface area contributed by atoms with Crippen LogP contribution in [0.1, 0.15) is 33.7 Å². The van der Waals surface area contributed by atoms with Crippen LogP contribution >= 0.6 is 0 Å². The molecule has 0 aliphatic carbocycles. The van der Waals surface area contributed by atoms with Crippen LogP contribution < -0.4 is 0 Å². The van der Waals surface area contributed by atoms with E-state index < -0.39 is 0 Å². The molecule has 1 aliphatic heterocycles. The minimum Gasteiger partial charge on any atom is -0.464 e. The number of pyridine rings is 1. The molecule has 128 valence electrons. The Bertz CT molecular complexity index is 937. The van der Waals surface area contributed by atoms with Crippen molar-refractivity contribution in [3.05, 3.63) is 64.7 Å². The van der Waals surface area contributed by atoms with E-state index in [9.17, 15) is 4.79 Å². The Morgan fingerprint density at radius 2 is 1.92 bits per heavy atom. The minimum atomic E-state index is 0.172. The molecule has 1 amide bonds. The van der Waals surface area contributed by atoms with Gasteiger partial charge in [0.25, 0.3) is 0 Å². The number of hydrogen-bond acceptors (Lipinski definition) is 3. The third kappa shape index (κ3) is 2.72. The lowest BCUT2D eigenvalue weighted by Crippen LogP contribution is -2.49. The van der Waals surface area contributed by atoms with Crippen LogP contribution in [0.4, 0.5) is 0 Å². The molecule has 1 aromatic carbocycles. The first-order valence-electron chi connectivity index (χ1n) is 8.69. The fourth-order valence-electron chi connectivity index (χ4n) is 3.72. The maximum absolute atomic E-state index is 12.6. The highest BCUT2D eigenvalue weighted by atomic mass is 16.3. The smallest absolute Gasteiger partial charge is 0.227 e. The molecular formula is C21H22N2O2. The van der Waals surface area contributed by atoms with Crippen molar-refractivity contribution in [3.8, 4) is 0 Å². The molecule has 3 aromatic rings. The van der Waals surface area contributed by atoms with Gasteiger partial charge in [-0.1, -0.05) is 6.07 Å². The lowest BCUT2D eigenvalue weighted by molar-refractivity contribution is -0.134. The van der Waals surface area contributed by atoms with Crippen molar-refractivity contribution in [2.75, 3.05) is 13.1 Å². The van der Waals surface area contributed by atoms with Gasteiger partial charge in [-0.2, -0.15) is 0 Å². The second-order valence-corrected chi connectivity index (χ2v) is 7.05. The summed E-state index contributed by atoms with van der Waals surface area (Å²) in [7, 11) is 0. The van der Waals surface area contributed by atoms with E-state index in [4.69, 9.17) is 4.42 Å². The Hall–Kier alpha value is -2.62. The molecule has 1 aliphatic rings. The number of rotatable bonds is 3. The van der Waals surface area contributed by atoms with Gasteiger partial charge in [-0.25, -0.2) is 0 Å². The zero-order valence-corrected chi connectivity index (χ0v) is 14.9. The number of furan rings is 1. The average molecular weight is 334 g/mol. The Morgan fingerprint density at radius 1 is 1.20 bits per heavy atom. The average Bonchev–Trinajstić information content (AvgIpc) is 2.96. The molecule has 2 aromatic heterocycles. The van der Waals surface area contributed by atoms with Crippen molar-refractivity contribution in [1.82, 2.24) is 9.88 Å². The molecule has 0 unspecified atom stereocenters. The molecule has 0 spiro atoms. The first-order valence-corrected chi connectivity index (χ1v) is 8.69. The SMILES string of the molecule is Cc1cc(C)c2c(CC(=O)N3CC(c4ccncc4)C3)coc2c1C. The predicted molar refractivity (Wildman–Crippen MR) is 97.7 cm³/mol. The van der Waals surface area contributed by atoms with E-state index in [0.29, 0.717) is 12.3 Å². The summed E-state index contributed by atoms with van der Waals surface area (Å²) in [6.45, 7) is 7.82. The Morgan fingerprint density at radius 3 is 2.64 bits per heavy atom. The van der Waals surface area contributed by atoms with Crippen LogP contribution in [0.5, 0.6) is 0 Å². The van der Waals surface area contributed by atoms with E-state index in [1.54, 1.807) is 6.26 Å². The minimum absolute atomic E-state index is 0.172. The molecule has 4 rings (SSSR count). The number of aromatic nitrogens is 1. The highest BCUT2D eigenvalue weighted by molar-refractivity contribution is 5.92. The van der Waals surface area contributed by atoms with E-state index in [2.05, 4.69) is 31.8 Å². The number of benzene rings is 1. The van der Waals surface area contributed by atoms with Crippen LogP contribution in [0.3, 0.4) is 0 Å². The Labute approximate surface area is 147 Å². The fraction of sp³-hybridized carbons (Fsp3) is 0.333. The molecule has 25 heavy (non-hydrogen) atoms. The first kappa shape index (κ1) is 15.9. The number of hydrogen-bond donors (Lipinski definition) is 0. The van der Waals surface area contributed by atoms with Gasteiger partial charge in [-0.3, -0.25) is 9.78 Å². The van der Waals surface area contributed by atoms with Crippen molar-refractivity contribution < 1.29 is 9.21 Å². The van der Waals surface area contributed by atoms with Crippen molar-refractivity contribution in [2.24, 2.45) is 0 Å². The summed E-state index contributed by atoms with van der Waals surface area (Å²) in [6, 6.07) is 6.24. The molecule has 0 radical (unpaired) electrons. The molecule has 0 atom stereocenters. The van der Waals surface area contributed by atoms with E-state index in [-0.39, 0.29) is 5.91 Å². The van der Waals surface area contributed by atoms with Crippen LogP contribution in [0.2, 0.25) is 0 Å². The number of amides is 1. The topological polar surface area (TPSA) is 46.3 Å². The summed E-state index contributed by atoms with van der Waals surface area (Å²) in [5.41, 5.74) is 6.72. The summed E-state index contributed by atoms with van der Waals surface area (Å²) in [5.74, 6) is 0.602. The summed E-state index contributed by atoms with van der Waals surface area (Å²) in [6.07, 6.45) is 5.77. The van der Waals surface area contributed by atoms with Gasteiger partial charge in [0.2, 0.25) is 5.91 Å². The number of carbonyl (C=O) groups excluding carboxylic acids is 1. The fourth-order valence-corrected chi connectivity index (χ4v) is 3.72. The Kier molecular flexibility index (Phi) is 3.83. The van der Waals surface area contributed by atoms with Crippen LogP contribution in [-0.2, 0) is 11.2 Å². The number of nitrogens with zero attached hydrogens (tertiary/aromatic N) is 2. The van der Waals surface area contributed by atoms with Crippen LogP contribution in [0.15, 0.2) is 41.3 Å². The highest BCUT2D eigenvalue weighted by Crippen LogP contribution is 2.32. The van der Waals surface area contributed by atoms with E-state index >= 15 is 0 Å². The number of likely N-dealkylation sites (tertiary alicyclic amines) is 1. The summed E-state index contributed by atoms with van der Waals surface area (Å²) in [4.78, 5) is 18.6. The third-order valence-electron chi connectivity index (χ3n) is 5.38. The predicted octanol–water partition coefficient (Wildman–Crippen LogP) is 3.92. The summed E-state index contributed by atoms with van der Waals surface area (Å²) < 4.78 is 5.79. The number of aryl methyl sites for hydroxylation is 3. The van der Waals surface area contributed by atoms with E-state index in [1.165, 1.54) is 16.7 Å². The van der Waals surface area contributed by atoms with Crippen molar-refractivity contribution in [2.45, 2.75) is 33.1 Å². The molecule has 1 fully saturated rings. The number of fused-ring (bicyclic) bond motifs is 1. The van der Waals surface area contributed by atoms with Crippen molar-refractivity contribution in [1.29, 1.82) is 0 Å². The normalized spacial score (nSPS) is 14.8. The van der Waals surface area contributed by atoms with Crippen molar-refractivity contribution in [3.63, 3.8) is 0 Å². The first-order chi connectivity index (χ1) is 12.0. The molecule has 3 heterocycles. The van der Waals surface area contributed by atoms with E-state index in [1.807, 2.05) is 29.4 Å². The van der Waals surface area contributed by atoms with Gasteiger partial charge in [0, 0.05) is 42.4 Å². The highest BCUT2D eigenvalue weighted by Gasteiger charge is 2.32. The molecule has 4 nitrogen and oxygen atoms in total. The van der Waals surface area contributed by atoms with Gasteiger partial charge in [0.1, 0.15) is 5.58 Å². The van der Waals surface area contributed by atoms with Gasteiger partial charge in [-0.15, -0.1) is 0 Å². The second kappa shape index (κ2) is 6.03. The zero-order valence-electron chi connectivity index (χ0n) is 14.9. The molecule has 4 heteroatoms. The third-order valence-corrected chi connectivity index (χ3v) is 5.38. The largest absolute Gasteiger partial charge is 0.464 e. The van der Waals surface area contributed by atoms with Crippen LogP contribution in [-0.4, -0.2) is 28.9 Å². The van der Waals surface area contributed by atoms with E-state index in [0.717, 1.165) is 35.2 Å². The molecule has 0 saturated carbocycles. The van der Waals surface area contributed by atoms with Crippen molar-refractivity contribution >= 4 is 16.9 Å². The van der Waals surface area contributed by atoms with Crippen LogP contribution in [0, 0.1) is 20.8 Å². The number of carbonyl (C=O) groups is 1. The molecule has 1 saturated heterocycles. The van der Waals surface area contributed by atoms with Gasteiger partial charge < -0.3 is 9.32 Å². The summed E-state index contributed by atoms with van der Waals surface area (Å²) in [5, 5.41) is 1.10. The standard InChI is InChI=1S/C21H22N2O2/c1-13-8-14(2)20-17(12-25-21(20)15(13)3)9-19(24)23-10-18(11-23)16-4-6-22-7-5-16/h4-8,12,18H,9-11H2,1-3H3. The molecule has 0 N–H and O–H groups in total. The van der Waals surface area contributed by atoms with Gasteiger partial charge in [-0.05, 0) is 55.2 Å². The van der Waals surface area contributed by atoms with Gasteiger partial charge >= 0.3 is 0 Å². The molecular weight excluding hydrogens is 312 g/mol.